The Labute approximate surface area is 153 Å². The van der Waals surface area contributed by atoms with Crippen LogP contribution < -0.4 is 10.2 Å². The topological polar surface area (TPSA) is 78.7 Å². The van der Waals surface area contributed by atoms with Gasteiger partial charge >= 0.3 is 0 Å². The number of aryl methyl sites for hydroxylation is 1. The standard InChI is InChI=1S/C19H24N4O3/c1-14-5-8-17(23(25)26)11-18(14)20-19(24)13-22(4)12-15-6-9-16(10-7-15)21(2)3/h5-11H,12-13H2,1-4H3,(H,20,24). The first-order valence-corrected chi connectivity index (χ1v) is 8.26. The van der Waals surface area contributed by atoms with Crippen molar-refractivity contribution in [1.82, 2.24) is 4.90 Å². The van der Waals surface area contributed by atoms with Gasteiger partial charge in [0.1, 0.15) is 0 Å². The summed E-state index contributed by atoms with van der Waals surface area (Å²) in [6.45, 7) is 2.63. The molecule has 0 aliphatic heterocycles. The highest BCUT2D eigenvalue weighted by Crippen LogP contribution is 2.21. The second-order valence-electron chi connectivity index (χ2n) is 6.54. The molecule has 2 aromatic rings. The molecule has 0 radical (unpaired) electrons. The summed E-state index contributed by atoms with van der Waals surface area (Å²) in [6.07, 6.45) is 0. The van der Waals surface area contributed by atoms with Gasteiger partial charge in [-0.05, 0) is 37.2 Å². The molecule has 0 unspecified atom stereocenters. The van der Waals surface area contributed by atoms with Crippen LogP contribution in [-0.4, -0.2) is 43.4 Å². The van der Waals surface area contributed by atoms with Gasteiger partial charge in [-0.3, -0.25) is 19.8 Å². The Kier molecular flexibility index (Phi) is 6.30. The molecule has 0 atom stereocenters. The number of carbonyl (C=O) groups excluding carboxylic acids is 1. The van der Waals surface area contributed by atoms with Crippen molar-refractivity contribution in [3.8, 4) is 0 Å². The maximum absolute atomic E-state index is 12.3. The number of hydrogen-bond acceptors (Lipinski definition) is 5. The minimum Gasteiger partial charge on any atom is -0.378 e. The van der Waals surface area contributed by atoms with E-state index in [-0.39, 0.29) is 18.1 Å². The first kappa shape index (κ1) is 19.4. The number of nitro groups is 1. The van der Waals surface area contributed by atoms with Crippen LogP contribution in [0.25, 0.3) is 0 Å². The summed E-state index contributed by atoms with van der Waals surface area (Å²) >= 11 is 0. The van der Waals surface area contributed by atoms with E-state index in [4.69, 9.17) is 0 Å². The predicted octanol–water partition coefficient (Wildman–Crippen LogP) is 3.04. The summed E-state index contributed by atoms with van der Waals surface area (Å²) in [4.78, 5) is 26.6. The molecule has 0 fully saturated rings. The van der Waals surface area contributed by atoms with Crippen LogP contribution in [0.5, 0.6) is 0 Å². The maximum atomic E-state index is 12.3. The van der Waals surface area contributed by atoms with E-state index in [2.05, 4.69) is 5.32 Å². The van der Waals surface area contributed by atoms with E-state index >= 15 is 0 Å². The first-order chi connectivity index (χ1) is 12.3. The van der Waals surface area contributed by atoms with Gasteiger partial charge in [0.25, 0.3) is 5.69 Å². The molecule has 1 N–H and O–H groups in total. The molecule has 0 bridgehead atoms. The Hall–Kier alpha value is -2.93. The van der Waals surface area contributed by atoms with E-state index in [1.54, 1.807) is 13.0 Å². The first-order valence-electron chi connectivity index (χ1n) is 8.26. The number of nitrogens with one attached hydrogen (secondary N) is 1. The molecule has 0 saturated carbocycles. The Bertz CT molecular complexity index is 788. The molecule has 0 saturated heterocycles. The lowest BCUT2D eigenvalue weighted by molar-refractivity contribution is -0.384. The van der Waals surface area contributed by atoms with Gasteiger partial charge in [0.15, 0.2) is 0 Å². The van der Waals surface area contributed by atoms with Crippen LogP contribution in [0, 0.1) is 17.0 Å². The molecule has 0 aliphatic rings. The van der Waals surface area contributed by atoms with Crippen LogP contribution in [0.1, 0.15) is 11.1 Å². The monoisotopic (exact) mass is 356 g/mol. The van der Waals surface area contributed by atoms with Crippen molar-refractivity contribution in [3.05, 3.63) is 63.7 Å². The van der Waals surface area contributed by atoms with Crippen molar-refractivity contribution in [2.24, 2.45) is 0 Å². The van der Waals surface area contributed by atoms with E-state index in [0.29, 0.717) is 12.2 Å². The third-order valence-electron chi connectivity index (χ3n) is 4.02. The Morgan fingerprint density at radius 1 is 1.12 bits per heavy atom. The number of nitrogens with zero attached hydrogens (tertiary/aromatic N) is 3. The quantitative estimate of drug-likeness (QED) is 0.609. The number of hydrogen-bond donors (Lipinski definition) is 1. The molecule has 0 aromatic heterocycles. The summed E-state index contributed by atoms with van der Waals surface area (Å²) in [5.74, 6) is -0.207. The average molecular weight is 356 g/mol. The molecule has 7 nitrogen and oxygen atoms in total. The van der Waals surface area contributed by atoms with E-state index in [0.717, 1.165) is 16.8 Å². The van der Waals surface area contributed by atoms with Crippen LogP contribution in [0.15, 0.2) is 42.5 Å². The zero-order valence-electron chi connectivity index (χ0n) is 15.5. The predicted molar refractivity (Wildman–Crippen MR) is 104 cm³/mol. The molecular weight excluding hydrogens is 332 g/mol. The highest BCUT2D eigenvalue weighted by molar-refractivity contribution is 5.93. The van der Waals surface area contributed by atoms with Crippen molar-refractivity contribution in [2.75, 3.05) is 37.9 Å². The molecule has 2 aromatic carbocycles. The lowest BCUT2D eigenvalue weighted by Crippen LogP contribution is -2.30. The number of rotatable bonds is 7. The van der Waals surface area contributed by atoms with Gasteiger partial charge < -0.3 is 10.2 Å². The Balaban J connectivity index is 1.95. The third-order valence-corrected chi connectivity index (χ3v) is 4.02. The second kappa shape index (κ2) is 8.44. The van der Waals surface area contributed by atoms with Gasteiger partial charge in [-0.1, -0.05) is 18.2 Å². The lowest BCUT2D eigenvalue weighted by Gasteiger charge is -2.18. The summed E-state index contributed by atoms with van der Waals surface area (Å²) in [5, 5.41) is 13.6. The molecule has 0 spiro atoms. The number of non-ortho nitro benzene ring substituents is 1. The van der Waals surface area contributed by atoms with Gasteiger partial charge in [-0.25, -0.2) is 0 Å². The smallest absolute Gasteiger partial charge is 0.271 e. The number of benzene rings is 2. The number of nitro benzene ring substituents is 1. The highest BCUT2D eigenvalue weighted by Gasteiger charge is 2.12. The highest BCUT2D eigenvalue weighted by atomic mass is 16.6. The summed E-state index contributed by atoms with van der Waals surface area (Å²) in [7, 11) is 5.84. The lowest BCUT2D eigenvalue weighted by atomic mass is 10.1. The van der Waals surface area contributed by atoms with Crippen LogP contribution in [0.2, 0.25) is 0 Å². The zero-order valence-corrected chi connectivity index (χ0v) is 15.5. The largest absolute Gasteiger partial charge is 0.378 e. The minimum atomic E-state index is -0.474. The molecule has 138 valence electrons. The minimum absolute atomic E-state index is 0.0414. The van der Waals surface area contributed by atoms with Crippen LogP contribution in [0.3, 0.4) is 0 Å². The molecule has 0 aliphatic carbocycles. The Morgan fingerprint density at radius 3 is 2.35 bits per heavy atom. The number of carbonyl (C=O) groups is 1. The van der Waals surface area contributed by atoms with Crippen molar-refractivity contribution in [3.63, 3.8) is 0 Å². The molecule has 0 heterocycles. The van der Waals surface area contributed by atoms with Crippen molar-refractivity contribution in [1.29, 1.82) is 0 Å². The van der Waals surface area contributed by atoms with E-state index < -0.39 is 4.92 Å². The van der Waals surface area contributed by atoms with Crippen LogP contribution >= 0.6 is 0 Å². The maximum Gasteiger partial charge on any atom is 0.271 e. The fourth-order valence-corrected chi connectivity index (χ4v) is 2.56. The molecular formula is C19H24N4O3. The fourth-order valence-electron chi connectivity index (χ4n) is 2.56. The fraction of sp³-hybridized carbons (Fsp3) is 0.316. The van der Waals surface area contributed by atoms with Crippen molar-refractivity contribution in [2.45, 2.75) is 13.5 Å². The van der Waals surface area contributed by atoms with Crippen LogP contribution in [-0.2, 0) is 11.3 Å². The number of anilines is 2. The third kappa shape index (κ3) is 5.29. The Morgan fingerprint density at radius 2 is 1.77 bits per heavy atom. The van der Waals surface area contributed by atoms with Crippen molar-refractivity contribution >= 4 is 23.0 Å². The van der Waals surface area contributed by atoms with Gasteiger partial charge in [0.2, 0.25) is 5.91 Å². The molecule has 1 amide bonds. The van der Waals surface area contributed by atoms with Gasteiger partial charge in [-0.15, -0.1) is 0 Å². The van der Waals surface area contributed by atoms with Crippen molar-refractivity contribution < 1.29 is 9.72 Å². The molecule has 2 rings (SSSR count). The van der Waals surface area contributed by atoms with E-state index in [1.165, 1.54) is 12.1 Å². The second-order valence-corrected chi connectivity index (χ2v) is 6.54. The summed E-state index contributed by atoms with van der Waals surface area (Å²) in [5.41, 5.74) is 3.44. The van der Waals surface area contributed by atoms with Gasteiger partial charge in [-0.2, -0.15) is 0 Å². The zero-order chi connectivity index (χ0) is 19.3. The summed E-state index contributed by atoms with van der Waals surface area (Å²) < 4.78 is 0. The van der Waals surface area contributed by atoms with Gasteiger partial charge in [0.05, 0.1) is 17.2 Å². The number of likely N-dealkylation sites (N-methyl/N-ethyl adjacent to an activating group) is 1. The number of amides is 1. The molecule has 26 heavy (non-hydrogen) atoms. The normalized spacial score (nSPS) is 10.7. The van der Waals surface area contributed by atoms with Crippen LogP contribution in [0.4, 0.5) is 17.1 Å². The van der Waals surface area contributed by atoms with Gasteiger partial charge in [0, 0.05) is 38.5 Å². The van der Waals surface area contributed by atoms with E-state index in [9.17, 15) is 14.9 Å². The van der Waals surface area contributed by atoms with E-state index in [1.807, 2.05) is 55.2 Å². The molecule has 7 heteroatoms. The SMILES string of the molecule is Cc1ccc([N+](=O)[O-])cc1NC(=O)CN(C)Cc1ccc(N(C)C)cc1. The average Bonchev–Trinajstić information content (AvgIpc) is 2.56. The summed E-state index contributed by atoms with van der Waals surface area (Å²) in [6, 6.07) is 12.6.